The molecule has 0 saturated carbocycles. The van der Waals surface area contributed by atoms with Crippen molar-refractivity contribution in [2.24, 2.45) is 5.41 Å². The maximum absolute atomic E-state index is 12.6. The molecule has 0 aromatic heterocycles. The van der Waals surface area contributed by atoms with Crippen molar-refractivity contribution in [1.82, 2.24) is 0 Å². The third kappa shape index (κ3) is 5.73. The summed E-state index contributed by atoms with van der Waals surface area (Å²) in [7, 11) is -0.948. The molecule has 0 radical (unpaired) electrons. The first-order valence-electron chi connectivity index (χ1n) is 8.62. The van der Waals surface area contributed by atoms with Gasteiger partial charge in [0.05, 0.1) is 10.8 Å². The number of terminal acetylenes is 1. The van der Waals surface area contributed by atoms with Gasteiger partial charge in [0.1, 0.15) is 0 Å². The maximum Gasteiger partial charge on any atom is 0.0544 e. The summed E-state index contributed by atoms with van der Waals surface area (Å²) in [4.78, 5) is 0.952. The molecule has 2 aromatic rings. The van der Waals surface area contributed by atoms with Gasteiger partial charge in [-0.1, -0.05) is 82.3 Å². The lowest BCUT2D eigenvalue weighted by Crippen LogP contribution is -2.16. The molecule has 2 heteroatoms. The van der Waals surface area contributed by atoms with Gasteiger partial charge >= 0.3 is 0 Å². The molecular formula is C23H28OS. The molecule has 2 aromatic carbocycles. The minimum absolute atomic E-state index is 0.0743. The van der Waals surface area contributed by atoms with Crippen molar-refractivity contribution in [2.75, 3.05) is 5.75 Å². The summed E-state index contributed by atoms with van der Waals surface area (Å²) < 4.78 is 12.6. The lowest BCUT2D eigenvalue weighted by molar-refractivity contribution is 0.548. The molecule has 0 spiro atoms. The van der Waals surface area contributed by atoms with E-state index in [1.54, 1.807) is 6.92 Å². The Bertz CT molecular complexity index is 764. The fourth-order valence-corrected chi connectivity index (χ4v) is 4.24. The highest BCUT2D eigenvalue weighted by molar-refractivity contribution is 7.85. The summed E-state index contributed by atoms with van der Waals surface area (Å²) in [5, 5.41) is 0. The molecule has 1 aliphatic heterocycles. The van der Waals surface area contributed by atoms with Gasteiger partial charge in [-0.3, -0.25) is 4.21 Å². The Morgan fingerprint density at radius 3 is 2.12 bits per heavy atom. The first kappa shape index (κ1) is 20.9. The molecule has 1 heterocycles. The molecular weight excluding hydrogens is 324 g/mol. The van der Waals surface area contributed by atoms with Gasteiger partial charge in [0.2, 0.25) is 0 Å². The van der Waals surface area contributed by atoms with E-state index in [1.165, 1.54) is 11.1 Å². The van der Waals surface area contributed by atoms with Gasteiger partial charge in [-0.15, -0.1) is 12.3 Å². The summed E-state index contributed by atoms with van der Waals surface area (Å²) in [6.07, 6.45) is 6.87. The molecule has 132 valence electrons. The molecule has 0 N–H and O–H groups in total. The number of hydrogen-bond acceptors (Lipinski definition) is 1. The van der Waals surface area contributed by atoms with Crippen molar-refractivity contribution in [3.05, 3.63) is 71.8 Å². The Kier molecular flexibility index (Phi) is 8.38. The first-order chi connectivity index (χ1) is 12.0. The average Bonchev–Trinajstić information content (AvgIpc) is 2.72. The highest BCUT2D eigenvalue weighted by Crippen LogP contribution is 2.37. The van der Waals surface area contributed by atoms with Crippen LogP contribution in [0.3, 0.4) is 0 Å². The molecule has 3 rings (SSSR count). The van der Waals surface area contributed by atoms with Crippen molar-refractivity contribution in [3.63, 3.8) is 0 Å². The highest BCUT2D eigenvalue weighted by Gasteiger charge is 2.27. The normalized spacial score (nSPS) is 17.1. The predicted molar refractivity (Wildman–Crippen MR) is 111 cm³/mol. The Balaban J connectivity index is 0.000000567. The van der Waals surface area contributed by atoms with E-state index < -0.39 is 10.8 Å². The highest BCUT2D eigenvalue weighted by atomic mass is 32.2. The lowest BCUT2D eigenvalue weighted by atomic mass is 9.88. The van der Waals surface area contributed by atoms with Gasteiger partial charge < -0.3 is 0 Å². The number of benzene rings is 2. The Morgan fingerprint density at radius 2 is 1.52 bits per heavy atom. The van der Waals surface area contributed by atoms with Crippen LogP contribution < -0.4 is 0 Å². The molecule has 1 atom stereocenters. The summed E-state index contributed by atoms with van der Waals surface area (Å²) >= 11 is 0. The Morgan fingerprint density at radius 1 is 1.00 bits per heavy atom. The van der Waals surface area contributed by atoms with E-state index in [0.29, 0.717) is 5.75 Å². The third-order valence-corrected chi connectivity index (χ3v) is 5.40. The van der Waals surface area contributed by atoms with Crippen molar-refractivity contribution < 1.29 is 4.21 Å². The number of fused-ring (bicyclic) bond motifs is 1. The van der Waals surface area contributed by atoms with Gasteiger partial charge in [-0.05, 0) is 35.1 Å². The molecule has 0 bridgehead atoms. The fraction of sp³-hybridized carbons (Fsp3) is 0.304. The molecule has 1 aliphatic rings. The van der Waals surface area contributed by atoms with Gasteiger partial charge in [0.25, 0.3) is 0 Å². The zero-order valence-electron chi connectivity index (χ0n) is 15.9. The average molecular weight is 353 g/mol. The van der Waals surface area contributed by atoms with Crippen LogP contribution in [0.25, 0.3) is 5.57 Å². The summed E-state index contributed by atoms with van der Waals surface area (Å²) in [5.41, 5.74) is 3.40. The maximum atomic E-state index is 12.6. The fourth-order valence-electron chi connectivity index (χ4n) is 2.67. The number of rotatable bonds is 1. The van der Waals surface area contributed by atoms with Gasteiger partial charge in [0.15, 0.2) is 0 Å². The van der Waals surface area contributed by atoms with E-state index >= 15 is 0 Å². The standard InChI is InChI=1S/C18H18OS.C3H4.C2H6/c1-18(2)12-16(14-8-4-3-5-9-14)15-10-6-7-11-17(15)20(19)13-18;1-3-2;1-2/h3-12H,13H2,1-2H3;1H,2H3;1-2H3. The van der Waals surface area contributed by atoms with Crippen molar-refractivity contribution in [1.29, 1.82) is 0 Å². The van der Waals surface area contributed by atoms with Crippen molar-refractivity contribution >= 4 is 16.4 Å². The summed E-state index contributed by atoms with van der Waals surface area (Å²) in [5.74, 6) is 2.92. The Hall–Kier alpha value is -2.11. The molecule has 1 unspecified atom stereocenters. The number of hydrogen-bond donors (Lipinski definition) is 0. The predicted octanol–water partition coefficient (Wildman–Crippen LogP) is 5.93. The summed E-state index contributed by atoms with van der Waals surface area (Å²) in [6, 6.07) is 18.4. The van der Waals surface area contributed by atoms with E-state index in [9.17, 15) is 4.21 Å². The minimum atomic E-state index is -0.948. The molecule has 0 aliphatic carbocycles. The molecule has 0 amide bonds. The lowest BCUT2D eigenvalue weighted by Gasteiger charge is -2.18. The quantitative estimate of drug-likeness (QED) is 0.581. The zero-order valence-corrected chi connectivity index (χ0v) is 16.7. The van der Waals surface area contributed by atoms with Crippen molar-refractivity contribution in [2.45, 2.75) is 39.5 Å². The van der Waals surface area contributed by atoms with Gasteiger partial charge in [-0.2, -0.15) is 0 Å². The largest absolute Gasteiger partial charge is 0.254 e. The van der Waals surface area contributed by atoms with Crippen LogP contribution in [-0.4, -0.2) is 9.96 Å². The van der Waals surface area contributed by atoms with E-state index in [-0.39, 0.29) is 5.41 Å². The van der Waals surface area contributed by atoms with E-state index in [2.05, 4.69) is 50.5 Å². The van der Waals surface area contributed by atoms with E-state index in [1.807, 2.05) is 50.2 Å². The minimum Gasteiger partial charge on any atom is -0.254 e. The van der Waals surface area contributed by atoms with Gasteiger partial charge in [-0.25, -0.2) is 0 Å². The Labute approximate surface area is 155 Å². The van der Waals surface area contributed by atoms with Crippen LogP contribution in [0.5, 0.6) is 0 Å². The van der Waals surface area contributed by atoms with Crippen LogP contribution in [-0.2, 0) is 10.8 Å². The van der Waals surface area contributed by atoms with E-state index in [4.69, 9.17) is 0 Å². The second-order valence-corrected chi connectivity index (χ2v) is 7.61. The smallest absolute Gasteiger partial charge is 0.0544 e. The van der Waals surface area contributed by atoms with Crippen LogP contribution in [0.1, 0.15) is 45.7 Å². The number of allylic oxidation sites excluding steroid dienone is 1. The van der Waals surface area contributed by atoms with E-state index in [0.717, 1.165) is 10.5 Å². The second kappa shape index (κ2) is 10.0. The van der Waals surface area contributed by atoms with Crippen LogP contribution in [0, 0.1) is 17.8 Å². The molecule has 25 heavy (non-hydrogen) atoms. The monoisotopic (exact) mass is 352 g/mol. The topological polar surface area (TPSA) is 17.1 Å². The summed E-state index contributed by atoms with van der Waals surface area (Å²) in [6.45, 7) is 9.96. The molecule has 0 saturated heterocycles. The van der Waals surface area contributed by atoms with Crippen molar-refractivity contribution in [3.8, 4) is 12.3 Å². The second-order valence-electron chi connectivity index (χ2n) is 6.19. The van der Waals surface area contributed by atoms with Gasteiger partial charge in [0, 0.05) is 10.6 Å². The van der Waals surface area contributed by atoms with Crippen LogP contribution in [0.4, 0.5) is 0 Å². The SMILES string of the molecule is C#CC.CC.CC1(C)C=C(c2ccccc2)c2ccccc2S(=O)C1. The van der Waals surface area contributed by atoms with Crippen LogP contribution in [0.2, 0.25) is 0 Å². The zero-order chi connectivity index (χ0) is 18.9. The molecule has 1 nitrogen and oxygen atoms in total. The third-order valence-electron chi connectivity index (χ3n) is 3.55. The molecule has 0 fully saturated rings. The van der Waals surface area contributed by atoms with Crippen LogP contribution >= 0.6 is 0 Å². The van der Waals surface area contributed by atoms with Crippen LogP contribution in [0.15, 0.2) is 65.6 Å². The first-order valence-corrected chi connectivity index (χ1v) is 9.94.